The molecule has 1 aromatic carbocycles. The third kappa shape index (κ3) is 2.82. The van der Waals surface area contributed by atoms with E-state index in [0.29, 0.717) is 38.2 Å². The summed E-state index contributed by atoms with van der Waals surface area (Å²) in [4.78, 5) is 29.2. The molecule has 0 radical (unpaired) electrons. The van der Waals surface area contributed by atoms with Gasteiger partial charge in [0.1, 0.15) is 5.82 Å². The van der Waals surface area contributed by atoms with Crippen LogP contribution in [0.25, 0.3) is 0 Å². The number of carbonyl (C=O) groups excluding carboxylic acids is 2. The summed E-state index contributed by atoms with van der Waals surface area (Å²) in [5, 5.41) is 0. The van der Waals surface area contributed by atoms with Crippen LogP contribution < -0.4 is 5.73 Å². The number of likely N-dealkylation sites (tertiary alicyclic amines) is 2. The van der Waals surface area contributed by atoms with Gasteiger partial charge in [-0.25, -0.2) is 4.39 Å². The van der Waals surface area contributed by atoms with Gasteiger partial charge in [-0.3, -0.25) is 9.59 Å². The lowest BCUT2D eigenvalue weighted by molar-refractivity contribution is -0.147. The van der Waals surface area contributed by atoms with E-state index in [2.05, 4.69) is 0 Å². The minimum atomic E-state index is -0.684. The third-order valence-electron chi connectivity index (χ3n) is 6.00. The number of hydrogen-bond donors (Lipinski definition) is 1. The summed E-state index contributed by atoms with van der Waals surface area (Å²) in [5.41, 5.74) is 5.39. The Morgan fingerprint density at radius 1 is 1.16 bits per heavy atom. The molecule has 2 amide bonds. The quantitative estimate of drug-likeness (QED) is 0.906. The molecular weight excluding hydrogens is 321 g/mol. The van der Waals surface area contributed by atoms with Gasteiger partial charge in [-0.15, -0.1) is 0 Å². The van der Waals surface area contributed by atoms with Gasteiger partial charge in [-0.05, 0) is 38.2 Å². The predicted octanol–water partition coefficient (Wildman–Crippen LogP) is 1.66. The number of rotatable bonds is 3. The summed E-state index contributed by atoms with van der Waals surface area (Å²) in [5.74, 6) is -0.237. The van der Waals surface area contributed by atoms with E-state index in [1.54, 1.807) is 28.0 Å². The highest BCUT2D eigenvalue weighted by atomic mass is 19.1. The summed E-state index contributed by atoms with van der Waals surface area (Å²) in [6, 6.07) is 6.58. The second kappa shape index (κ2) is 5.80. The summed E-state index contributed by atoms with van der Waals surface area (Å²) >= 11 is 0. The van der Waals surface area contributed by atoms with Gasteiger partial charge >= 0.3 is 0 Å². The molecule has 1 aliphatic carbocycles. The molecular formula is C19H24FN3O2. The molecule has 2 N–H and O–H groups in total. The highest BCUT2D eigenvalue weighted by molar-refractivity contribution is 5.91. The lowest BCUT2D eigenvalue weighted by atomic mass is 9.78. The third-order valence-corrected chi connectivity index (χ3v) is 6.00. The molecule has 25 heavy (non-hydrogen) atoms. The fourth-order valence-corrected chi connectivity index (χ4v) is 4.22. The number of nitrogens with zero attached hydrogens (tertiary/aromatic N) is 2. The van der Waals surface area contributed by atoms with Crippen LogP contribution in [0, 0.1) is 11.2 Å². The second-order valence-electron chi connectivity index (χ2n) is 7.83. The monoisotopic (exact) mass is 345 g/mol. The van der Waals surface area contributed by atoms with Crippen molar-refractivity contribution in [3.05, 3.63) is 35.6 Å². The summed E-state index contributed by atoms with van der Waals surface area (Å²) in [6.07, 6.45) is 3.84. The van der Waals surface area contributed by atoms with Crippen molar-refractivity contribution in [1.82, 2.24) is 9.80 Å². The molecule has 2 heterocycles. The van der Waals surface area contributed by atoms with Crippen molar-refractivity contribution >= 4 is 11.8 Å². The zero-order valence-electron chi connectivity index (χ0n) is 14.3. The van der Waals surface area contributed by atoms with Crippen LogP contribution in [-0.2, 0) is 16.1 Å². The van der Waals surface area contributed by atoms with Crippen molar-refractivity contribution < 1.29 is 14.0 Å². The number of piperidine rings is 1. The molecule has 1 aromatic rings. The molecule has 2 saturated heterocycles. The molecule has 134 valence electrons. The molecule has 0 aromatic heterocycles. The van der Waals surface area contributed by atoms with Gasteiger partial charge in [0, 0.05) is 31.7 Å². The standard InChI is InChI=1S/C19H24FN3O2/c20-15-5-2-1-4-14(15)12-22-10-3-6-18(16(22)24)9-11-23(13-18)17(25)19(21)7-8-19/h1-2,4-5H,3,6-13,21H2. The van der Waals surface area contributed by atoms with E-state index in [-0.39, 0.29) is 17.6 Å². The Balaban J connectivity index is 1.49. The number of benzene rings is 1. The zero-order valence-corrected chi connectivity index (χ0v) is 14.3. The van der Waals surface area contributed by atoms with Crippen molar-refractivity contribution in [2.45, 2.75) is 44.2 Å². The number of carbonyl (C=O) groups is 2. The fourth-order valence-electron chi connectivity index (χ4n) is 4.22. The van der Waals surface area contributed by atoms with Gasteiger partial charge < -0.3 is 15.5 Å². The van der Waals surface area contributed by atoms with E-state index in [9.17, 15) is 14.0 Å². The van der Waals surface area contributed by atoms with Crippen LogP contribution in [0.2, 0.25) is 0 Å². The number of halogens is 1. The number of amides is 2. The van der Waals surface area contributed by atoms with Crippen LogP contribution in [0.4, 0.5) is 4.39 Å². The van der Waals surface area contributed by atoms with E-state index in [1.165, 1.54) is 6.07 Å². The maximum absolute atomic E-state index is 13.9. The van der Waals surface area contributed by atoms with Gasteiger partial charge in [-0.1, -0.05) is 18.2 Å². The maximum Gasteiger partial charge on any atom is 0.242 e. The minimum absolute atomic E-state index is 0.0107. The normalized spacial score (nSPS) is 27.8. The average Bonchev–Trinajstić information content (AvgIpc) is 3.21. The first-order valence-corrected chi connectivity index (χ1v) is 9.05. The molecule has 3 fully saturated rings. The van der Waals surface area contributed by atoms with Crippen LogP contribution in [0.1, 0.15) is 37.7 Å². The molecule has 1 atom stereocenters. The predicted molar refractivity (Wildman–Crippen MR) is 90.8 cm³/mol. The van der Waals surface area contributed by atoms with Gasteiger partial charge in [0.05, 0.1) is 11.0 Å². The van der Waals surface area contributed by atoms with Crippen LogP contribution in [0.5, 0.6) is 0 Å². The number of hydrogen-bond acceptors (Lipinski definition) is 3. The Labute approximate surface area is 147 Å². The second-order valence-corrected chi connectivity index (χ2v) is 7.83. The van der Waals surface area contributed by atoms with Gasteiger partial charge in [0.25, 0.3) is 0 Å². The van der Waals surface area contributed by atoms with Crippen molar-refractivity contribution in [3.63, 3.8) is 0 Å². The average molecular weight is 345 g/mol. The molecule has 1 saturated carbocycles. The largest absolute Gasteiger partial charge is 0.340 e. The summed E-state index contributed by atoms with van der Waals surface area (Å²) in [7, 11) is 0. The maximum atomic E-state index is 13.9. The van der Waals surface area contributed by atoms with Crippen molar-refractivity contribution in [2.75, 3.05) is 19.6 Å². The fraction of sp³-hybridized carbons (Fsp3) is 0.579. The lowest BCUT2D eigenvalue weighted by Gasteiger charge is -2.39. The van der Waals surface area contributed by atoms with Crippen LogP contribution in [0.15, 0.2) is 24.3 Å². The highest BCUT2D eigenvalue weighted by Gasteiger charge is 2.54. The zero-order chi connectivity index (χ0) is 17.7. The van der Waals surface area contributed by atoms with E-state index in [4.69, 9.17) is 5.73 Å². The Hall–Kier alpha value is -1.95. The van der Waals surface area contributed by atoms with E-state index < -0.39 is 11.0 Å². The summed E-state index contributed by atoms with van der Waals surface area (Å²) in [6.45, 7) is 1.99. The topological polar surface area (TPSA) is 66.6 Å². The first kappa shape index (κ1) is 16.5. The molecule has 0 bridgehead atoms. The van der Waals surface area contributed by atoms with Crippen LogP contribution >= 0.6 is 0 Å². The smallest absolute Gasteiger partial charge is 0.242 e. The Morgan fingerprint density at radius 2 is 1.92 bits per heavy atom. The number of nitrogens with two attached hydrogens (primary N) is 1. The molecule has 2 aliphatic heterocycles. The molecule has 5 nitrogen and oxygen atoms in total. The molecule has 3 aliphatic rings. The van der Waals surface area contributed by atoms with Crippen LogP contribution in [0.3, 0.4) is 0 Å². The summed E-state index contributed by atoms with van der Waals surface area (Å²) < 4.78 is 13.9. The molecule has 1 unspecified atom stereocenters. The van der Waals surface area contributed by atoms with E-state index in [1.807, 2.05) is 0 Å². The van der Waals surface area contributed by atoms with E-state index >= 15 is 0 Å². The molecule has 6 heteroatoms. The minimum Gasteiger partial charge on any atom is -0.340 e. The van der Waals surface area contributed by atoms with Crippen LogP contribution in [-0.4, -0.2) is 46.8 Å². The molecule has 1 spiro atoms. The van der Waals surface area contributed by atoms with Crippen molar-refractivity contribution in [2.24, 2.45) is 11.1 Å². The van der Waals surface area contributed by atoms with Crippen molar-refractivity contribution in [1.29, 1.82) is 0 Å². The Kier molecular flexibility index (Phi) is 3.83. The highest BCUT2D eigenvalue weighted by Crippen LogP contribution is 2.43. The Morgan fingerprint density at radius 3 is 2.64 bits per heavy atom. The Bertz CT molecular complexity index is 718. The first-order chi connectivity index (χ1) is 11.9. The first-order valence-electron chi connectivity index (χ1n) is 9.05. The van der Waals surface area contributed by atoms with Gasteiger partial charge in [0.15, 0.2) is 0 Å². The van der Waals surface area contributed by atoms with E-state index in [0.717, 1.165) is 25.7 Å². The van der Waals surface area contributed by atoms with Crippen molar-refractivity contribution in [3.8, 4) is 0 Å². The lowest BCUT2D eigenvalue weighted by Crippen LogP contribution is -2.51. The van der Waals surface area contributed by atoms with Gasteiger partial charge in [-0.2, -0.15) is 0 Å². The molecule has 4 rings (SSSR count). The van der Waals surface area contributed by atoms with Gasteiger partial charge in [0.2, 0.25) is 11.8 Å². The SMILES string of the molecule is NC1(C(=O)N2CCC3(CCCN(Cc4ccccc4F)C3=O)C2)CC1.